The number of carboxylic acids is 1. The van der Waals surface area contributed by atoms with Crippen molar-refractivity contribution >= 4 is 5.97 Å². The minimum Gasteiger partial charge on any atom is -0.493 e. The fourth-order valence-electron chi connectivity index (χ4n) is 1.78. The number of hydrogen-bond donors (Lipinski definition) is 1. The number of aromatic carboxylic acids is 1. The van der Waals surface area contributed by atoms with E-state index >= 15 is 0 Å². The van der Waals surface area contributed by atoms with Crippen LogP contribution in [0, 0.1) is 5.92 Å². The molecule has 4 nitrogen and oxygen atoms in total. The van der Waals surface area contributed by atoms with Crippen LogP contribution in [0.1, 0.15) is 50.4 Å². The van der Waals surface area contributed by atoms with E-state index in [-0.39, 0.29) is 5.56 Å². The van der Waals surface area contributed by atoms with Crippen LogP contribution in [0.15, 0.2) is 18.2 Å². The number of carbonyl (C=O) groups is 1. The van der Waals surface area contributed by atoms with E-state index in [9.17, 15) is 4.79 Å². The minimum atomic E-state index is -0.981. The molecule has 0 unspecified atom stereocenters. The second-order valence-corrected chi connectivity index (χ2v) is 5.20. The number of rotatable bonds is 9. The molecule has 0 spiro atoms. The van der Waals surface area contributed by atoms with Crippen molar-refractivity contribution < 1.29 is 19.4 Å². The third-order valence-electron chi connectivity index (χ3n) is 2.84. The van der Waals surface area contributed by atoms with Crippen LogP contribution in [-0.4, -0.2) is 24.3 Å². The van der Waals surface area contributed by atoms with Crippen molar-refractivity contribution in [1.29, 1.82) is 0 Å². The molecule has 1 N–H and O–H groups in total. The summed E-state index contributed by atoms with van der Waals surface area (Å²) in [6.45, 7) is 7.47. The molecule has 0 aromatic heterocycles. The fourth-order valence-corrected chi connectivity index (χ4v) is 1.78. The fraction of sp³-hybridized carbons (Fsp3) is 0.562. The van der Waals surface area contributed by atoms with E-state index in [1.54, 1.807) is 12.1 Å². The Morgan fingerprint density at radius 3 is 2.60 bits per heavy atom. The van der Waals surface area contributed by atoms with Crippen molar-refractivity contribution in [2.75, 3.05) is 13.2 Å². The molecule has 112 valence electrons. The SMILES string of the molecule is CCCOc1ccc(C(=O)O)c(OCCCC(C)C)c1. The molecule has 0 fully saturated rings. The van der Waals surface area contributed by atoms with Crippen molar-refractivity contribution in [2.24, 2.45) is 5.92 Å². The molecule has 1 aromatic carbocycles. The maximum Gasteiger partial charge on any atom is 0.339 e. The van der Waals surface area contributed by atoms with Gasteiger partial charge in [-0.1, -0.05) is 20.8 Å². The van der Waals surface area contributed by atoms with Gasteiger partial charge in [0, 0.05) is 6.07 Å². The lowest BCUT2D eigenvalue weighted by atomic mass is 10.1. The topological polar surface area (TPSA) is 55.8 Å². The largest absolute Gasteiger partial charge is 0.493 e. The van der Waals surface area contributed by atoms with E-state index in [2.05, 4.69) is 13.8 Å². The molecule has 0 saturated heterocycles. The van der Waals surface area contributed by atoms with Crippen LogP contribution in [0.2, 0.25) is 0 Å². The van der Waals surface area contributed by atoms with E-state index < -0.39 is 5.97 Å². The maximum absolute atomic E-state index is 11.2. The standard InChI is InChI=1S/C16H24O4/c1-4-9-19-13-7-8-14(16(17)18)15(11-13)20-10-5-6-12(2)3/h7-8,11-12H,4-6,9-10H2,1-3H3,(H,17,18). The summed E-state index contributed by atoms with van der Waals surface area (Å²) in [5.41, 5.74) is 0.179. The van der Waals surface area contributed by atoms with Crippen LogP contribution in [0.3, 0.4) is 0 Å². The summed E-state index contributed by atoms with van der Waals surface area (Å²) in [5, 5.41) is 9.16. The molecular weight excluding hydrogens is 256 g/mol. The summed E-state index contributed by atoms with van der Waals surface area (Å²) >= 11 is 0. The van der Waals surface area contributed by atoms with Gasteiger partial charge < -0.3 is 14.6 Å². The molecule has 0 radical (unpaired) electrons. The smallest absolute Gasteiger partial charge is 0.339 e. The molecule has 0 heterocycles. The van der Waals surface area contributed by atoms with Gasteiger partial charge in [0.15, 0.2) is 0 Å². The average molecular weight is 280 g/mol. The molecule has 0 aliphatic carbocycles. The third-order valence-corrected chi connectivity index (χ3v) is 2.84. The molecule has 0 saturated carbocycles. The first-order valence-corrected chi connectivity index (χ1v) is 7.17. The zero-order valence-electron chi connectivity index (χ0n) is 12.5. The summed E-state index contributed by atoms with van der Waals surface area (Å²) in [6, 6.07) is 4.86. The van der Waals surface area contributed by atoms with Crippen molar-refractivity contribution in [1.82, 2.24) is 0 Å². The Kier molecular flexibility index (Phi) is 6.91. The normalized spacial score (nSPS) is 10.6. The van der Waals surface area contributed by atoms with Crippen LogP contribution in [0.5, 0.6) is 11.5 Å². The lowest BCUT2D eigenvalue weighted by Crippen LogP contribution is -2.06. The van der Waals surface area contributed by atoms with E-state index in [0.29, 0.717) is 30.6 Å². The summed E-state index contributed by atoms with van der Waals surface area (Å²) in [6.07, 6.45) is 2.89. The van der Waals surface area contributed by atoms with Gasteiger partial charge in [-0.25, -0.2) is 4.79 Å². The summed E-state index contributed by atoms with van der Waals surface area (Å²) in [5.74, 6) is 0.674. The Labute approximate surface area is 120 Å². The average Bonchev–Trinajstić information content (AvgIpc) is 2.41. The molecule has 4 heteroatoms. The quantitative estimate of drug-likeness (QED) is 0.695. The van der Waals surface area contributed by atoms with Crippen molar-refractivity contribution in [3.8, 4) is 11.5 Å². The molecule has 0 aliphatic heterocycles. The number of benzene rings is 1. The first-order valence-electron chi connectivity index (χ1n) is 7.17. The Bertz CT molecular complexity index is 426. The van der Waals surface area contributed by atoms with E-state index in [4.69, 9.17) is 14.6 Å². The number of ether oxygens (including phenoxy) is 2. The van der Waals surface area contributed by atoms with E-state index in [0.717, 1.165) is 19.3 Å². The van der Waals surface area contributed by atoms with Gasteiger partial charge in [0.2, 0.25) is 0 Å². The summed E-state index contributed by atoms with van der Waals surface area (Å²) < 4.78 is 11.1. The van der Waals surface area contributed by atoms with E-state index in [1.807, 2.05) is 6.92 Å². The van der Waals surface area contributed by atoms with Crippen LogP contribution in [0.4, 0.5) is 0 Å². The second kappa shape index (κ2) is 8.46. The van der Waals surface area contributed by atoms with E-state index in [1.165, 1.54) is 6.07 Å². The van der Waals surface area contributed by atoms with Gasteiger partial charge in [0.05, 0.1) is 13.2 Å². The molecular formula is C16H24O4. The zero-order chi connectivity index (χ0) is 15.0. The van der Waals surface area contributed by atoms with Crippen LogP contribution in [0.25, 0.3) is 0 Å². The first-order chi connectivity index (χ1) is 9.54. The Hall–Kier alpha value is -1.71. The van der Waals surface area contributed by atoms with Crippen molar-refractivity contribution in [2.45, 2.75) is 40.0 Å². The second-order valence-electron chi connectivity index (χ2n) is 5.20. The zero-order valence-corrected chi connectivity index (χ0v) is 12.5. The van der Waals surface area contributed by atoms with Crippen molar-refractivity contribution in [3.63, 3.8) is 0 Å². The van der Waals surface area contributed by atoms with Crippen LogP contribution in [-0.2, 0) is 0 Å². The predicted molar refractivity (Wildman–Crippen MR) is 78.8 cm³/mol. The number of hydrogen-bond acceptors (Lipinski definition) is 3. The van der Waals surface area contributed by atoms with Crippen molar-refractivity contribution in [3.05, 3.63) is 23.8 Å². The van der Waals surface area contributed by atoms with Gasteiger partial charge >= 0.3 is 5.97 Å². The highest BCUT2D eigenvalue weighted by atomic mass is 16.5. The van der Waals surface area contributed by atoms with Gasteiger partial charge in [0.25, 0.3) is 0 Å². The van der Waals surface area contributed by atoms with Gasteiger partial charge in [-0.2, -0.15) is 0 Å². The van der Waals surface area contributed by atoms with Crippen LogP contribution >= 0.6 is 0 Å². The maximum atomic E-state index is 11.2. The first kappa shape index (κ1) is 16.3. The molecule has 0 amide bonds. The Morgan fingerprint density at radius 2 is 2.00 bits per heavy atom. The lowest BCUT2D eigenvalue weighted by Gasteiger charge is -2.12. The number of carboxylic acid groups (broad SMARTS) is 1. The molecule has 1 aromatic rings. The Morgan fingerprint density at radius 1 is 1.25 bits per heavy atom. The molecule has 0 aliphatic rings. The Balaban J connectivity index is 2.70. The monoisotopic (exact) mass is 280 g/mol. The highest BCUT2D eigenvalue weighted by Crippen LogP contribution is 2.25. The summed E-state index contributed by atoms with van der Waals surface area (Å²) in [4.78, 5) is 11.2. The lowest BCUT2D eigenvalue weighted by molar-refractivity contribution is 0.0692. The molecule has 0 bridgehead atoms. The van der Waals surface area contributed by atoms with Crippen LogP contribution < -0.4 is 9.47 Å². The third kappa shape index (κ3) is 5.51. The van der Waals surface area contributed by atoms with Gasteiger partial charge in [-0.3, -0.25) is 0 Å². The highest BCUT2D eigenvalue weighted by molar-refractivity contribution is 5.91. The summed E-state index contributed by atoms with van der Waals surface area (Å²) in [7, 11) is 0. The van der Waals surface area contributed by atoms with Gasteiger partial charge in [0.1, 0.15) is 17.1 Å². The minimum absolute atomic E-state index is 0.179. The van der Waals surface area contributed by atoms with Gasteiger partial charge in [-0.05, 0) is 37.3 Å². The predicted octanol–water partition coefficient (Wildman–Crippen LogP) is 3.99. The molecule has 1 rings (SSSR count). The van der Waals surface area contributed by atoms with Gasteiger partial charge in [-0.15, -0.1) is 0 Å². The molecule has 0 atom stereocenters. The molecule has 20 heavy (non-hydrogen) atoms. The highest BCUT2D eigenvalue weighted by Gasteiger charge is 2.12.